The molecule has 0 aliphatic rings. The monoisotopic (exact) mass is 293 g/mol. The SMILES string of the molecule is COc1ccc([C@@H](C(=O)O)N(C)Cc2ncc[nH]2)cc1F. The van der Waals surface area contributed by atoms with Gasteiger partial charge in [0.1, 0.15) is 11.9 Å². The van der Waals surface area contributed by atoms with E-state index in [0.29, 0.717) is 17.9 Å². The normalized spacial score (nSPS) is 12.4. The van der Waals surface area contributed by atoms with Crippen LogP contribution < -0.4 is 4.74 Å². The summed E-state index contributed by atoms with van der Waals surface area (Å²) in [5.74, 6) is -0.935. The summed E-state index contributed by atoms with van der Waals surface area (Å²) in [6.45, 7) is 0.303. The van der Waals surface area contributed by atoms with E-state index in [4.69, 9.17) is 4.74 Å². The Hall–Kier alpha value is -2.41. The molecule has 1 heterocycles. The maximum atomic E-state index is 13.8. The molecular formula is C14H16FN3O3. The maximum Gasteiger partial charge on any atom is 0.325 e. The number of imidazole rings is 1. The Bertz CT molecular complexity index is 616. The van der Waals surface area contributed by atoms with E-state index in [1.807, 2.05) is 0 Å². The van der Waals surface area contributed by atoms with Crippen molar-refractivity contribution in [3.8, 4) is 5.75 Å². The van der Waals surface area contributed by atoms with Gasteiger partial charge in [0.05, 0.1) is 13.7 Å². The summed E-state index contributed by atoms with van der Waals surface area (Å²) >= 11 is 0. The van der Waals surface area contributed by atoms with Crippen molar-refractivity contribution in [3.05, 3.63) is 47.8 Å². The predicted molar refractivity (Wildman–Crippen MR) is 73.4 cm³/mol. The average molecular weight is 293 g/mol. The number of benzene rings is 1. The summed E-state index contributed by atoms with van der Waals surface area (Å²) in [5.41, 5.74) is 0.342. The van der Waals surface area contributed by atoms with Crippen molar-refractivity contribution >= 4 is 5.97 Å². The van der Waals surface area contributed by atoms with E-state index < -0.39 is 17.8 Å². The van der Waals surface area contributed by atoms with Gasteiger partial charge in [0.15, 0.2) is 11.6 Å². The number of methoxy groups -OCH3 is 1. The zero-order valence-corrected chi connectivity index (χ0v) is 11.7. The van der Waals surface area contributed by atoms with Gasteiger partial charge in [-0.05, 0) is 24.7 Å². The molecule has 6 nitrogen and oxygen atoms in total. The highest BCUT2D eigenvalue weighted by molar-refractivity contribution is 5.75. The van der Waals surface area contributed by atoms with E-state index in [2.05, 4.69) is 9.97 Å². The third-order valence-corrected chi connectivity index (χ3v) is 3.12. The number of aliphatic carboxylic acids is 1. The molecule has 21 heavy (non-hydrogen) atoms. The van der Waals surface area contributed by atoms with Crippen molar-refractivity contribution in [2.24, 2.45) is 0 Å². The van der Waals surface area contributed by atoms with Crippen LogP contribution in [0.25, 0.3) is 0 Å². The Morgan fingerprint density at radius 1 is 1.57 bits per heavy atom. The fourth-order valence-corrected chi connectivity index (χ4v) is 2.15. The predicted octanol–water partition coefficient (Wildman–Crippen LogP) is 1.82. The van der Waals surface area contributed by atoms with E-state index in [-0.39, 0.29) is 5.75 Å². The molecule has 0 radical (unpaired) electrons. The molecule has 7 heteroatoms. The molecule has 0 aliphatic heterocycles. The molecule has 2 rings (SSSR count). The van der Waals surface area contributed by atoms with Crippen LogP contribution >= 0.6 is 0 Å². The second-order valence-corrected chi connectivity index (χ2v) is 4.59. The van der Waals surface area contributed by atoms with Crippen LogP contribution in [-0.2, 0) is 11.3 Å². The van der Waals surface area contributed by atoms with Crippen LogP contribution in [0.1, 0.15) is 17.4 Å². The number of carbonyl (C=O) groups is 1. The second-order valence-electron chi connectivity index (χ2n) is 4.59. The molecule has 0 unspecified atom stereocenters. The van der Waals surface area contributed by atoms with Gasteiger partial charge in [-0.15, -0.1) is 0 Å². The topological polar surface area (TPSA) is 78.5 Å². The summed E-state index contributed by atoms with van der Waals surface area (Å²) in [6, 6.07) is 3.16. The third-order valence-electron chi connectivity index (χ3n) is 3.12. The molecule has 1 aromatic carbocycles. The second kappa shape index (κ2) is 6.36. The third kappa shape index (κ3) is 3.38. The molecule has 1 aromatic heterocycles. The van der Waals surface area contributed by atoms with Crippen LogP contribution in [0.2, 0.25) is 0 Å². The quantitative estimate of drug-likeness (QED) is 0.849. The minimum absolute atomic E-state index is 0.0802. The zero-order chi connectivity index (χ0) is 15.4. The Labute approximate surface area is 121 Å². The lowest BCUT2D eigenvalue weighted by atomic mass is 10.1. The number of nitrogens with one attached hydrogen (secondary N) is 1. The lowest BCUT2D eigenvalue weighted by molar-refractivity contribution is -0.143. The number of aromatic amines is 1. The fraction of sp³-hybridized carbons (Fsp3) is 0.286. The number of aromatic nitrogens is 2. The Morgan fingerprint density at radius 2 is 2.33 bits per heavy atom. The largest absolute Gasteiger partial charge is 0.494 e. The molecule has 2 aromatic rings. The van der Waals surface area contributed by atoms with Crippen molar-refractivity contribution in [1.29, 1.82) is 0 Å². The van der Waals surface area contributed by atoms with Gasteiger partial charge in [0, 0.05) is 12.4 Å². The Morgan fingerprint density at radius 3 is 2.86 bits per heavy atom. The van der Waals surface area contributed by atoms with E-state index >= 15 is 0 Å². The molecule has 0 spiro atoms. The van der Waals surface area contributed by atoms with E-state index in [9.17, 15) is 14.3 Å². The number of nitrogens with zero attached hydrogens (tertiary/aromatic N) is 2. The molecule has 0 amide bonds. The molecular weight excluding hydrogens is 277 g/mol. The zero-order valence-electron chi connectivity index (χ0n) is 11.7. The molecule has 0 fully saturated rings. The van der Waals surface area contributed by atoms with Gasteiger partial charge in [-0.25, -0.2) is 9.37 Å². The molecule has 112 valence electrons. The van der Waals surface area contributed by atoms with Crippen molar-refractivity contribution in [2.45, 2.75) is 12.6 Å². The number of carboxylic acids is 1. The van der Waals surface area contributed by atoms with Crippen molar-refractivity contribution < 1.29 is 19.0 Å². The lowest BCUT2D eigenvalue weighted by Crippen LogP contribution is -2.31. The van der Waals surface area contributed by atoms with Gasteiger partial charge in [-0.2, -0.15) is 0 Å². The first-order chi connectivity index (χ1) is 10.0. The van der Waals surface area contributed by atoms with Gasteiger partial charge in [0.25, 0.3) is 0 Å². The number of rotatable bonds is 6. The fourth-order valence-electron chi connectivity index (χ4n) is 2.15. The minimum Gasteiger partial charge on any atom is -0.494 e. The molecule has 0 aliphatic carbocycles. The van der Waals surface area contributed by atoms with Gasteiger partial charge < -0.3 is 14.8 Å². The number of H-pyrrole nitrogens is 1. The summed E-state index contributed by atoms with van der Waals surface area (Å²) in [6.07, 6.45) is 3.25. The van der Waals surface area contributed by atoms with Crippen LogP contribution in [0, 0.1) is 5.82 Å². The highest BCUT2D eigenvalue weighted by Gasteiger charge is 2.26. The number of hydrogen-bond acceptors (Lipinski definition) is 4. The van der Waals surface area contributed by atoms with Crippen LogP contribution in [0.4, 0.5) is 4.39 Å². The smallest absolute Gasteiger partial charge is 0.325 e. The summed E-state index contributed by atoms with van der Waals surface area (Å²) in [5, 5.41) is 9.42. The van der Waals surface area contributed by atoms with Crippen LogP contribution in [0.5, 0.6) is 5.75 Å². The van der Waals surface area contributed by atoms with Gasteiger partial charge >= 0.3 is 5.97 Å². The number of hydrogen-bond donors (Lipinski definition) is 2. The molecule has 0 bridgehead atoms. The molecule has 0 saturated heterocycles. The Balaban J connectivity index is 2.26. The number of likely N-dealkylation sites (N-methyl/N-ethyl adjacent to an activating group) is 1. The first-order valence-corrected chi connectivity index (χ1v) is 6.27. The van der Waals surface area contributed by atoms with Gasteiger partial charge in [0.2, 0.25) is 0 Å². The van der Waals surface area contributed by atoms with Crippen molar-refractivity contribution in [1.82, 2.24) is 14.9 Å². The molecule has 1 atom stereocenters. The van der Waals surface area contributed by atoms with Crippen molar-refractivity contribution in [2.75, 3.05) is 14.2 Å². The van der Waals surface area contributed by atoms with Crippen LogP contribution in [0.3, 0.4) is 0 Å². The molecule has 2 N–H and O–H groups in total. The maximum absolute atomic E-state index is 13.8. The van der Waals surface area contributed by atoms with Crippen LogP contribution in [-0.4, -0.2) is 40.1 Å². The average Bonchev–Trinajstić information content (AvgIpc) is 2.91. The number of ether oxygens (including phenoxy) is 1. The van der Waals surface area contributed by atoms with Gasteiger partial charge in [-0.1, -0.05) is 6.07 Å². The summed E-state index contributed by atoms with van der Waals surface area (Å²) in [7, 11) is 3.00. The van der Waals surface area contributed by atoms with Crippen molar-refractivity contribution in [3.63, 3.8) is 0 Å². The van der Waals surface area contributed by atoms with E-state index in [1.54, 1.807) is 30.4 Å². The lowest BCUT2D eigenvalue weighted by Gasteiger charge is -2.24. The van der Waals surface area contributed by atoms with Gasteiger partial charge in [-0.3, -0.25) is 9.69 Å². The highest BCUT2D eigenvalue weighted by atomic mass is 19.1. The number of carboxylic acid groups (broad SMARTS) is 1. The first-order valence-electron chi connectivity index (χ1n) is 6.27. The Kier molecular flexibility index (Phi) is 4.54. The van der Waals surface area contributed by atoms with Crippen LogP contribution in [0.15, 0.2) is 30.6 Å². The highest BCUT2D eigenvalue weighted by Crippen LogP contribution is 2.26. The summed E-state index contributed by atoms with van der Waals surface area (Å²) in [4.78, 5) is 20.0. The number of halogens is 1. The van der Waals surface area contributed by atoms with E-state index in [0.717, 1.165) is 0 Å². The van der Waals surface area contributed by atoms with E-state index in [1.165, 1.54) is 19.2 Å². The molecule has 0 saturated carbocycles. The summed E-state index contributed by atoms with van der Waals surface area (Å²) < 4.78 is 18.6. The standard InChI is InChI=1S/C14H16FN3O3/c1-18(8-12-16-5-6-17-12)13(14(19)20)9-3-4-11(21-2)10(15)7-9/h3-7,13H,8H2,1-2H3,(H,16,17)(H,19,20)/t13-/m0/s1. The minimum atomic E-state index is -1.06. The first kappa shape index (κ1) is 15.0.